The van der Waals surface area contributed by atoms with Crippen LogP contribution >= 0.6 is 0 Å². The monoisotopic (exact) mass is 603 g/mol. The Bertz CT molecular complexity index is 1650. The average Bonchev–Trinajstić information content (AvgIpc) is 3.47. The van der Waals surface area contributed by atoms with E-state index in [1.807, 2.05) is 56.9 Å². The molecule has 0 aromatic carbocycles. The number of amides is 1. The molecule has 44 heavy (non-hydrogen) atoms. The fourth-order valence-electron chi connectivity index (χ4n) is 4.68. The van der Waals surface area contributed by atoms with Crippen molar-refractivity contribution in [2.24, 2.45) is 10.9 Å². The van der Waals surface area contributed by atoms with Gasteiger partial charge in [-0.2, -0.15) is 9.50 Å². The van der Waals surface area contributed by atoms with Gasteiger partial charge in [0, 0.05) is 38.8 Å². The van der Waals surface area contributed by atoms with Crippen molar-refractivity contribution in [2.75, 3.05) is 38.1 Å². The van der Waals surface area contributed by atoms with Gasteiger partial charge in [0.05, 0.1) is 17.1 Å². The smallest absolute Gasteiger partial charge is 0.297 e. The summed E-state index contributed by atoms with van der Waals surface area (Å²) in [6.45, 7) is 17.6. The molecule has 0 saturated carbocycles. The lowest BCUT2D eigenvalue weighted by atomic mass is 10.00. The van der Waals surface area contributed by atoms with Gasteiger partial charge in [-0.25, -0.2) is 15.0 Å². The number of nitrogens with zero attached hydrogens (tertiary/aromatic N) is 8. The zero-order valence-corrected chi connectivity index (χ0v) is 27.3. The normalized spacial score (nSPS) is 16.5. The van der Waals surface area contributed by atoms with Crippen molar-refractivity contribution >= 4 is 28.7 Å². The van der Waals surface area contributed by atoms with Crippen LogP contribution in [-0.4, -0.2) is 84.4 Å². The van der Waals surface area contributed by atoms with E-state index in [4.69, 9.17) is 4.98 Å². The first kappa shape index (κ1) is 33.9. The molecule has 0 unspecified atom stereocenters. The molecule has 2 N–H and O–H groups in total. The number of aryl methyl sites for hydroxylation is 2. The zero-order chi connectivity index (χ0) is 32.6. The Morgan fingerprint density at radius 2 is 1.77 bits per heavy atom. The zero-order valence-electron chi connectivity index (χ0n) is 27.3. The maximum absolute atomic E-state index is 13.7. The molecule has 1 aliphatic heterocycles. The highest BCUT2D eigenvalue weighted by molar-refractivity contribution is 6.16. The van der Waals surface area contributed by atoms with Crippen LogP contribution in [0, 0.1) is 12.8 Å². The van der Waals surface area contributed by atoms with E-state index < -0.39 is 0 Å². The highest BCUT2D eigenvalue weighted by Crippen LogP contribution is 2.24. The Hall–Kier alpha value is -4.61. The molecule has 0 bridgehead atoms. The van der Waals surface area contributed by atoms with E-state index in [-0.39, 0.29) is 22.9 Å². The van der Waals surface area contributed by atoms with Gasteiger partial charge in [-0.15, -0.1) is 0 Å². The van der Waals surface area contributed by atoms with Crippen LogP contribution in [0.5, 0.6) is 5.75 Å². The highest BCUT2D eigenvalue weighted by atomic mass is 16.3. The summed E-state index contributed by atoms with van der Waals surface area (Å²) in [5.41, 5.74) is 3.88. The largest absolute Gasteiger partial charge is 0.504 e. The number of aromatic nitrogens is 6. The summed E-state index contributed by atoms with van der Waals surface area (Å²) in [7, 11) is 1.74. The van der Waals surface area contributed by atoms with Crippen LogP contribution in [0.2, 0.25) is 0 Å². The van der Waals surface area contributed by atoms with Crippen molar-refractivity contribution in [2.45, 2.75) is 61.8 Å². The van der Waals surface area contributed by atoms with Gasteiger partial charge in [-0.1, -0.05) is 59.8 Å². The molecule has 0 atom stereocenters. The Kier molecular flexibility index (Phi) is 11.7. The van der Waals surface area contributed by atoms with Gasteiger partial charge in [-0.3, -0.25) is 19.7 Å². The summed E-state index contributed by atoms with van der Waals surface area (Å²) in [6, 6.07) is 0. The fourth-order valence-corrected chi connectivity index (χ4v) is 4.68. The number of anilines is 1. The minimum Gasteiger partial charge on any atom is -0.504 e. The predicted molar refractivity (Wildman–Crippen MR) is 176 cm³/mol. The van der Waals surface area contributed by atoms with Crippen LogP contribution in [0.15, 0.2) is 46.0 Å². The number of nitrogens with one attached hydrogen (secondary N) is 1. The number of aromatic hydroxyl groups is 1. The van der Waals surface area contributed by atoms with Crippen molar-refractivity contribution in [3.63, 3.8) is 0 Å². The van der Waals surface area contributed by atoms with Crippen LogP contribution in [-0.2, 0) is 6.42 Å². The first-order chi connectivity index (χ1) is 21.1. The van der Waals surface area contributed by atoms with E-state index in [0.29, 0.717) is 61.3 Å². The minimum atomic E-state index is -0.364. The van der Waals surface area contributed by atoms with E-state index in [2.05, 4.69) is 45.8 Å². The lowest BCUT2D eigenvalue weighted by molar-refractivity contribution is 0.0737. The van der Waals surface area contributed by atoms with Crippen LogP contribution < -0.4 is 10.5 Å². The highest BCUT2D eigenvalue weighted by Gasteiger charge is 2.29. The van der Waals surface area contributed by atoms with Crippen LogP contribution in [0.25, 0.3) is 11.4 Å². The number of carbonyl (C=O) groups excluding carboxylic acids is 1. The van der Waals surface area contributed by atoms with Gasteiger partial charge >= 0.3 is 0 Å². The van der Waals surface area contributed by atoms with Crippen molar-refractivity contribution in [1.82, 2.24) is 34.4 Å². The Labute approximate surface area is 259 Å². The molecule has 2 aliphatic rings. The average molecular weight is 604 g/mol. The molecule has 3 aromatic rings. The molecule has 1 fully saturated rings. The van der Waals surface area contributed by atoms with Gasteiger partial charge in [0.15, 0.2) is 17.3 Å². The van der Waals surface area contributed by atoms with Crippen molar-refractivity contribution in [3.05, 3.63) is 69.5 Å². The first-order valence-electron chi connectivity index (χ1n) is 15.2. The predicted octanol–water partition coefficient (Wildman–Crippen LogP) is 4.41. The van der Waals surface area contributed by atoms with Crippen LogP contribution in [0.4, 0.5) is 5.69 Å². The van der Waals surface area contributed by atoms with Gasteiger partial charge in [0.25, 0.3) is 17.2 Å². The first-order valence-corrected chi connectivity index (χ1v) is 15.2. The number of carbonyl (C=O) groups is 1. The van der Waals surface area contributed by atoms with E-state index in [1.54, 1.807) is 18.9 Å². The molecule has 1 aliphatic carbocycles. The van der Waals surface area contributed by atoms with Gasteiger partial charge in [-0.05, 0) is 37.8 Å². The number of aromatic amines is 1. The van der Waals surface area contributed by atoms with Crippen molar-refractivity contribution in [3.8, 4) is 5.75 Å². The van der Waals surface area contributed by atoms with Crippen molar-refractivity contribution < 1.29 is 9.90 Å². The van der Waals surface area contributed by atoms with E-state index in [0.717, 1.165) is 22.8 Å². The second kappa shape index (κ2) is 15.2. The molecule has 0 spiro atoms. The SMILES string of the molecule is C/C=C1/C=CC(c2nc3nc(CC)c(N4CCN(C(=O)c5ncnc(C)c5O)CC4)c(=O)n3[nH]2)=CC1=NC.CC.CC(C)C. The molecule has 4 heterocycles. The summed E-state index contributed by atoms with van der Waals surface area (Å²) < 4.78 is 1.37. The second-order valence-corrected chi connectivity index (χ2v) is 10.7. The number of H-pyrrole nitrogens is 1. The molecule has 12 nitrogen and oxygen atoms in total. The lowest BCUT2D eigenvalue weighted by Gasteiger charge is -2.36. The Balaban J connectivity index is 0.000000816. The maximum Gasteiger partial charge on any atom is 0.297 e. The molecule has 5 rings (SSSR count). The quantitative estimate of drug-likeness (QED) is 0.446. The molecular formula is C32H45N9O3. The van der Waals surface area contributed by atoms with E-state index in [1.165, 1.54) is 10.8 Å². The van der Waals surface area contributed by atoms with Gasteiger partial charge in [0.2, 0.25) is 0 Å². The third-order valence-electron chi connectivity index (χ3n) is 6.83. The lowest BCUT2D eigenvalue weighted by Crippen LogP contribution is -2.50. The second-order valence-electron chi connectivity index (χ2n) is 10.7. The topological polar surface area (TPSA) is 145 Å². The molecule has 1 amide bonds. The number of aliphatic imine (C=N–C) groups is 1. The van der Waals surface area contributed by atoms with E-state index >= 15 is 0 Å². The van der Waals surface area contributed by atoms with Gasteiger partial charge in [0.1, 0.15) is 12.0 Å². The van der Waals surface area contributed by atoms with Crippen LogP contribution in [0.3, 0.4) is 0 Å². The standard InChI is InChI=1S/C26H29N9O3.C4H10.C2H6/c1-5-16-7-8-17(13-19(16)27-4)23-31-26-30-18(6-2)21(25(38)35(26)32-23)33-9-11-34(12-10-33)24(37)20-22(36)15(3)28-14-29-20;1-4(2)3;1-2/h5,7-8,13-14,36H,6,9-12H2,1-4H3,(H,30,31,32);4H,1-3H3;1-2H3/b16-5-,27-19?;;. The maximum atomic E-state index is 13.7. The Morgan fingerprint density at radius 1 is 1.11 bits per heavy atom. The van der Waals surface area contributed by atoms with Gasteiger partial charge < -0.3 is 14.9 Å². The third kappa shape index (κ3) is 7.29. The number of allylic oxidation sites excluding steroid dienone is 6. The molecule has 0 radical (unpaired) electrons. The summed E-state index contributed by atoms with van der Waals surface area (Å²) in [6.07, 6.45) is 9.63. The van der Waals surface area contributed by atoms with Crippen LogP contribution in [0.1, 0.15) is 76.2 Å². The molecule has 1 saturated heterocycles. The summed E-state index contributed by atoms with van der Waals surface area (Å²) in [4.78, 5) is 51.7. The van der Waals surface area contributed by atoms with Crippen molar-refractivity contribution in [1.29, 1.82) is 0 Å². The summed E-state index contributed by atoms with van der Waals surface area (Å²) in [5, 5.41) is 13.3. The number of rotatable bonds is 4. The molecule has 236 valence electrons. The summed E-state index contributed by atoms with van der Waals surface area (Å²) in [5.74, 6) is 1.09. The van der Waals surface area contributed by atoms with E-state index in [9.17, 15) is 14.7 Å². The fraction of sp³-hybridized carbons (Fsp3) is 0.469. The summed E-state index contributed by atoms with van der Waals surface area (Å²) >= 11 is 0. The number of hydrogen-bond donors (Lipinski definition) is 2. The molecule has 12 heteroatoms. The number of fused-ring (bicyclic) bond motifs is 1. The molecular weight excluding hydrogens is 558 g/mol. The third-order valence-corrected chi connectivity index (χ3v) is 6.83. The number of piperazine rings is 1. The minimum absolute atomic E-state index is 0.0165. The molecule has 3 aromatic heterocycles. The number of hydrogen-bond acceptors (Lipinski definition) is 9. The Morgan fingerprint density at radius 3 is 2.36 bits per heavy atom.